The summed E-state index contributed by atoms with van der Waals surface area (Å²) in [5, 5.41) is 22.0. The molecular weight excluding hydrogens is 459 g/mol. The van der Waals surface area contributed by atoms with E-state index in [1.165, 1.54) is 17.1 Å². The van der Waals surface area contributed by atoms with Crippen molar-refractivity contribution >= 4 is 12.0 Å². The second kappa shape index (κ2) is 12.5. The van der Waals surface area contributed by atoms with Crippen LogP contribution < -0.4 is 10.9 Å². The SMILES string of the molecule is CCN(C(=O)OC(C)(C)C)C(CCCCO)c1nc(C(=O)NCC2C=CC(F)=CC2)c(O)c(=O)[nH]1. The van der Waals surface area contributed by atoms with Crippen LogP contribution in [0, 0.1) is 5.92 Å². The number of halogens is 1. The molecule has 1 aliphatic rings. The van der Waals surface area contributed by atoms with Gasteiger partial charge in [0.2, 0.25) is 5.75 Å². The van der Waals surface area contributed by atoms with Crippen LogP contribution in [-0.4, -0.2) is 62.4 Å². The van der Waals surface area contributed by atoms with Crippen molar-refractivity contribution in [3.05, 3.63) is 45.9 Å². The maximum Gasteiger partial charge on any atom is 0.410 e. The van der Waals surface area contributed by atoms with Crippen LogP contribution in [0.2, 0.25) is 0 Å². The number of ether oxygens (including phenoxy) is 1. The van der Waals surface area contributed by atoms with Gasteiger partial charge in [0.15, 0.2) is 5.69 Å². The molecule has 0 saturated carbocycles. The lowest BCUT2D eigenvalue weighted by Crippen LogP contribution is -2.40. The minimum absolute atomic E-state index is 0.0196. The van der Waals surface area contributed by atoms with Gasteiger partial charge < -0.3 is 25.3 Å². The third-order valence-corrected chi connectivity index (χ3v) is 5.34. The van der Waals surface area contributed by atoms with Crippen LogP contribution >= 0.6 is 0 Å². The Morgan fingerprint density at radius 3 is 2.66 bits per heavy atom. The van der Waals surface area contributed by atoms with E-state index in [1.807, 2.05) is 0 Å². The Kier molecular flexibility index (Phi) is 10.00. The number of nitrogens with zero attached hydrogens (tertiary/aromatic N) is 2. The molecule has 0 aliphatic heterocycles. The van der Waals surface area contributed by atoms with E-state index in [0.29, 0.717) is 25.7 Å². The van der Waals surface area contributed by atoms with Crippen LogP contribution in [0.3, 0.4) is 0 Å². The fraction of sp³-hybridized carbons (Fsp3) is 0.583. The van der Waals surface area contributed by atoms with E-state index in [-0.39, 0.29) is 37.3 Å². The molecule has 2 atom stereocenters. The van der Waals surface area contributed by atoms with Crippen molar-refractivity contribution in [2.24, 2.45) is 5.92 Å². The number of aromatic amines is 1. The fourth-order valence-corrected chi connectivity index (χ4v) is 3.58. The quantitative estimate of drug-likeness (QED) is 0.366. The Morgan fingerprint density at radius 2 is 2.09 bits per heavy atom. The first kappa shape index (κ1) is 28.0. The summed E-state index contributed by atoms with van der Waals surface area (Å²) in [6, 6.07) is -0.768. The summed E-state index contributed by atoms with van der Waals surface area (Å²) in [6.45, 7) is 7.26. The third-order valence-electron chi connectivity index (χ3n) is 5.34. The van der Waals surface area contributed by atoms with Crippen LogP contribution in [0.5, 0.6) is 5.75 Å². The van der Waals surface area contributed by atoms with Crippen molar-refractivity contribution in [2.75, 3.05) is 19.7 Å². The van der Waals surface area contributed by atoms with E-state index in [9.17, 15) is 29.0 Å². The number of carbonyl (C=O) groups excluding carboxylic acids is 2. The van der Waals surface area contributed by atoms with E-state index in [2.05, 4.69) is 15.3 Å². The highest BCUT2D eigenvalue weighted by Gasteiger charge is 2.31. The predicted octanol–water partition coefficient (Wildman–Crippen LogP) is 3.10. The minimum Gasteiger partial charge on any atom is -0.501 e. The maximum atomic E-state index is 13.1. The number of H-pyrrole nitrogens is 1. The first-order chi connectivity index (χ1) is 16.5. The van der Waals surface area contributed by atoms with Crippen molar-refractivity contribution in [1.29, 1.82) is 0 Å². The van der Waals surface area contributed by atoms with Gasteiger partial charge in [-0.25, -0.2) is 14.2 Å². The topological polar surface area (TPSA) is 145 Å². The van der Waals surface area contributed by atoms with Crippen LogP contribution in [0.15, 0.2) is 28.8 Å². The van der Waals surface area contributed by atoms with E-state index in [0.717, 1.165) is 0 Å². The molecule has 0 saturated heterocycles. The molecule has 0 bridgehead atoms. The molecule has 1 heterocycles. The highest BCUT2D eigenvalue weighted by Crippen LogP contribution is 2.26. The average molecular weight is 495 g/mol. The summed E-state index contributed by atoms with van der Waals surface area (Å²) in [6.07, 6.45) is 5.42. The molecule has 194 valence electrons. The summed E-state index contributed by atoms with van der Waals surface area (Å²) >= 11 is 0. The van der Waals surface area contributed by atoms with E-state index < -0.39 is 40.6 Å². The summed E-state index contributed by atoms with van der Waals surface area (Å²) in [5.41, 5.74) is -2.15. The molecule has 11 heteroatoms. The number of amides is 2. The molecule has 0 radical (unpaired) electrons. The fourth-order valence-electron chi connectivity index (χ4n) is 3.58. The Bertz CT molecular complexity index is 1010. The van der Waals surface area contributed by atoms with Gasteiger partial charge in [0, 0.05) is 19.7 Å². The summed E-state index contributed by atoms with van der Waals surface area (Å²) < 4.78 is 18.6. The van der Waals surface area contributed by atoms with Gasteiger partial charge in [-0.3, -0.25) is 14.5 Å². The zero-order chi connectivity index (χ0) is 26.2. The number of hydrogen-bond acceptors (Lipinski definition) is 7. The van der Waals surface area contributed by atoms with E-state index in [4.69, 9.17) is 4.74 Å². The molecule has 2 rings (SSSR count). The number of aromatic hydroxyl groups is 1. The van der Waals surface area contributed by atoms with E-state index in [1.54, 1.807) is 33.8 Å². The van der Waals surface area contributed by atoms with Gasteiger partial charge in [-0.15, -0.1) is 0 Å². The van der Waals surface area contributed by atoms with Gasteiger partial charge in [-0.1, -0.05) is 6.08 Å². The molecule has 10 nitrogen and oxygen atoms in total. The number of hydrogen-bond donors (Lipinski definition) is 4. The second-order valence-electron chi connectivity index (χ2n) is 9.30. The Hall–Kier alpha value is -3.21. The Morgan fingerprint density at radius 1 is 1.37 bits per heavy atom. The minimum atomic E-state index is -0.921. The van der Waals surface area contributed by atoms with Gasteiger partial charge >= 0.3 is 6.09 Å². The number of allylic oxidation sites excluding steroid dienone is 3. The number of nitrogens with one attached hydrogen (secondary N) is 2. The molecule has 4 N–H and O–H groups in total. The Balaban J connectivity index is 2.33. The highest BCUT2D eigenvalue weighted by molar-refractivity contribution is 5.94. The molecule has 2 amide bonds. The molecule has 2 unspecified atom stereocenters. The molecular formula is C24H35FN4O6. The first-order valence-electron chi connectivity index (χ1n) is 11.7. The number of aromatic nitrogens is 2. The van der Waals surface area contributed by atoms with Crippen molar-refractivity contribution < 1.29 is 28.9 Å². The van der Waals surface area contributed by atoms with Gasteiger partial charge in [0.05, 0.1) is 6.04 Å². The van der Waals surface area contributed by atoms with Gasteiger partial charge in [0.1, 0.15) is 17.3 Å². The second-order valence-corrected chi connectivity index (χ2v) is 9.30. The van der Waals surface area contributed by atoms with Crippen LogP contribution in [0.1, 0.15) is 75.7 Å². The highest BCUT2D eigenvalue weighted by atomic mass is 19.1. The number of rotatable bonds is 10. The summed E-state index contributed by atoms with van der Waals surface area (Å²) in [7, 11) is 0. The standard InChI is InChI=1S/C24H35FN4O6/c1-5-29(23(34)35-24(2,3)4)17(8-6-7-13-30)20-27-18(19(31)22(33)28-20)21(32)26-14-15-9-11-16(25)12-10-15/h9,11-12,15,17,30-31H,5-8,10,13-14H2,1-4H3,(H,26,32)(H,27,28,33). The molecule has 1 aromatic rings. The zero-order valence-electron chi connectivity index (χ0n) is 20.6. The van der Waals surface area contributed by atoms with Crippen molar-refractivity contribution in [3.8, 4) is 5.75 Å². The third kappa shape index (κ3) is 8.20. The maximum absolute atomic E-state index is 13.1. The smallest absolute Gasteiger partial charge is 0.410 e. The van der Waals surface area contributed by atoms with Gasteiger partial charge in [0.25, 0.3) is 11.5 Å². The molecule has 35 heavy (non-hydrogen) atoms. The predicted molar refractivity (Wildman–Crippen MR) is 128 cm³/mol. The average Bonchev–Trinajstić information content (AvgIpc) is 2.78. The lowest BCUT2D eigenvalue weighted by atomic mass is 10.0. The number of aliphatic hydroxyl groups excluding tert-OH is 1. The van der Waals surface area contributed by atoms with Crippen molar-refractivity contribution in [3.63, 3.8) is 0 Å². The van der Waals surface area contributed by atoms with Gasteiger partial charge in [-0.2, -0.15) is 0 Å². The number of unbranched alkanes of at least 4 members (excludes halogenated alkanes) is 1. The Labute approximate surface area is 203 Å². The number of aliphatic hydroxyl groups is 1. The zero-order valence-corrected chi connectivity index (χ0v) is 20.6. The lowest BCUT2D eigenvalue weighted by molar-refractivity contribution is 0.0149. The molecule has 1 aromatic heterocycles. The van der Waals surface area contributed by atoms with Crippen LogP contribution in [0.25, 0.3) is 0 Å². The van der Waals surface area contributed by atoms with Crippen molar-refractivity contribution in [2.45, 2.75) is 65.0 Å². The normalized spacial score (nSPS) is 16.4. The molecule has 0 fully saturated rings. The van der Waals surface area contributed by atoms with Crippen molar-refractivity contribution in [1.82, 2.24) is 20.2 Å². The lowest BCUT2D eigenvalue weighted by Gasteiger charge is -2.32. The van der Waals surface area contributed by atoms with Crippen LogP contribution in [-0.2, 0) is 4.74 Å². The molecule has 0 spiro atoms. The molecule has 1 aliphatic carbocycles. The van der Waals surface area contributed by atoms with Crippen LogP contribution in [0.4, 0.5) is 9.18 Å². The van der Waals surface area contributed by atoms with Gasteiger partial charge in [-0.05, 0) is 71.4 Å². The summed E-state index contributed by atoms with van der Waals surface area (Å²) in [4.78, 5) is 46.2. The summed E-state index contributed by atoms with van der Waals surface area (Å²) in [5.74, 6) is -2.08. The monoisotopic (exact) mass is 494 g/mol. The number of carbonyl (C=O) groups is 2. The largest absolute Gasteiger partial charge is 0.501 e. The first-order valence-corrected chi connectivity index (χ1v) is 11.7. The molecule has 0 aromatic carbocycles. The van der Waals surface area contributed by atoms with E-state index >= 15 is 0 Å².